The second-order valence-electron chi connectivity index (χ2n) is 6.58. The number of hydrogen-bond acceptors (Lipinski definition) is 7. The van der Waals surface area contributed by atoms with Crippen molar-refractivity contribution in [2.24, 2.45) is 10.2 Å². The predicted molar refractivity (Wildman–Crippen MR) is 117 cm³/mol. The number of aromatic nitrogens is 1. The van der Waals surface area contributed by atoms with Gasteiger partial charge in [-0.3, -0.25) is 14.7 Å². The normalized spacial score (nSPS) is 17.9. The lowest BCUT2D eigenvalue weighted by atomic mass is 10.1. The van der Waals surface area contributed by atoms with E-state index in [0.29, 0.717) is 23.9 Å². The number of ether oxygens (including phenoxy) is 1. The average molecular weight is 420 g/mol. The predicted octanol–water partition coefficient (Wildman–Crippen LogP) is 3.76. The van der Waals surface area contributed by atoms with Crippen molar-refractivity contribution in [3.8, 4) is 5.75 Å². The first-order chi connectivity index (χ1) is 14.7. The van der Waals surface area contributed by atoms with Crippen LogP contribution in [-0.2, 0) is 17.8 Å². The molecule has 8 heteroatoms. The standard InChI is InChI=1S/C22H20N4O3S/c1-28-18-8-6-16(7-9-18)12-20-21(27)26(15-19-5-3-11-29-19)22(30-20)25-24-14-17-4-2-10-23-13-17/h2-11,13-14,20H,12,15H2,1H3. The van der Waals surface area contributed by atoms with Gasteiger partial charge in [0.15, 0.2) is 5.17 Å². The lowest BCUT2D eigenvalue weighted by Crippen LogP contribution is -2.32. The van der Waals surface area contributed by atoms with Crippen LogP contribution in [0.25, 0.3) is 0 Å². The summed E-state index contributed by atoms with van der Waals surface area (Å²) in [5.74, 6) is 1.47. The van der Waals surface area contributed by atoms with Gasteiger partial charge < -0.3 is 9.15 Å². The van der Waals surface area contributed by atoms with Crippen molar-refractivity contribution in [2.45, 2.75) is 18.2 Å². The fraction of sp³-hybridized carbons (Fsp3) is 0.182. The van der Waals surface area contributed by atoms with Gasteiger partial charge in [0.05, 0.1) is 31.4 Å². The van der Waals surface area contributed by atoms with Crippen LogP contribution in [0.2, 0.25) is 0 Å². The second-order valence-corrected chi connectivity index (χ2v) is 7.75. The zero-order chi connectivity index (χ0) is 20.8. The molecule has 1 fully saturated rings. The van der Waals surface area contributed by atoms with Gasteiger partial charge in [-0.05, 0) is 42.3 Å². The van der Waals surface area contributed by atoms with E-state index >= 15 is 0 Å². The molecular weight excluding hydrogens is 400 g/mol. The Kier molecular flexibility index (Phi) is 6.24. The molecule has 7 nitrogen and oxygen atoms in total. The number of benzene rings is 1. The molecule has 1 saturated heterocycles. The van der Waals surface area contributed by atoms with Crippen molar-refractivity contribution in [3.63, 3.8) is 0 Å². The molecule has 3 heterocycles. The number of thioether (sulfide) groups is 1. The Labute approximate surface area is 178 Å². The highest BCUT2D eigenvalue weighted by atomic mass is 32.2. The number of amides is 1. The van der Waals surface area contributed by atoms with Crippen molar-refractivity contribution < 1.29 is 13.9 Å². The largest absolute Gasteiger partial charge is 0.497 e. The molecule has 0 bridgehead atoms. The minimum absolute atomic E-state index is 0.0115. The highest BCUT2D eigenvalue weighted by Gasteiger charge is 2.38. The Morgan fingerprint density at radius 2 is 2.10 bits per heavy atom. The molecule has 0 N–H and O–H groups in total. The molecule has 152 valence electrons. The lowest BCUT2D eigenvalue weighted by molar-refractivity contribution is -0.126. The maximum atomic E-state index is 13.1. The summed E-state index contributed by atoms with van der Waals surface area (Å²) in [6.07, 6.45) is 7.20. The number of methoxy groups -OCH3 is 1. The summed E-state index contributed by atoms with van der Waals surface area (Å²) in [6.45, 7) is 0.319. The monoisotopic (exact) mass is 420 g/mol. The van der Waals surface area contributed by atoms with Gasteiger partial charge in [0.25, 0.3) is 0 Å². The van der Waals surface area contributed by atoms with Crippen molar-refractivity contribution in [3.05, 3.63) is 84.1 Å². The average Bonchev–Trinajstić information content (AvgIpc) is 3.39. The molecule has 0 aliphatic carbocycles. The van der Waals surface area contributed by atoms with Gasteiger partial charge >= 0.3 is 0 Å². The van der Waals surface area contributed by atoms with Crippen LogP contribution in [0.1, 0.15) is 16.9 Å². The third kappa shape index (κ3) is 4.77. The van der Waals surface area contributed by atoms with Crippen LogP contribution >= 0.6 is 11.8 Å². The van der Waals surface area contributed by atoms with Crippen molar-refractivity contribution in [2.75, 3.05) is 7.11 Å². The molecule has 2 aromatic heterocycles. The molecule has 0 spiro atoms. The maximum Gasteiger partial charge on any atom is 0.242 e. The van der Waals surface area contributed by atoms with Gasteiger partial charge in [-0.2, -0.15) is 5.10 Å². The fourth-order valence-electron chi connectivity index (χ4n) is 2.99. The van der Waals surface area contributed by atoms with Crippen LogP contribution in [0.3, 0.4) is 0 Å². The van der Waals surface area contributed by atoms with Crippen LogP contribution in [-0.4, -0.2) is 39.5 Å². The van der Waals surface area contributed by atoms with E-state index < -0.39 is 0 Å². The summed E-state index contributed by atoms with van der Waals surface area (Å²) >= 11 is 1.41. The first-order valence-corrected chi connectivity index (χ1v) is 10.3. The molecular formula is C22H20N4O3S. The number of amidine groups is 1. The van der Waals surface area contributed by atoms with Gasteiger partial charge in [-0.1, -0.05) is 30.0 Å². The fourth-order valence-corrected chi connectivity index (χ4v) is 4.13. The second kappa shape index (κ2) is 9.41. The maximum absolute atomic E-state index is 13.1. The first-order valence-electron chi connectivity index (χ1n) is 9.37. The Bertz CT molecular complexity index is 1030. The van der Waals surface area contributed by atoms with E-state index in [1.165, 1.54) is 11.8 Å². The Morgan fingerprint density at radius 1 is 1.23 bits per heavy atom. The summed E-state index contributed by atoms with van der Waals surface area (Å²) in [6, 6.07) is 15.1. The molecule has 1 atom stereocenters. The van der Waals surface area contributed by atoms with Crippen LogP contribution in [0.15, 0.2) is 81.8 Å². The molecule has 1 aliphatic heterocycles. The SMILES string of the molecule is COc1ccc(CC2SC(=NN=Cc3cccnc3)N(Cc3ccco3)C2=O)cc1. The van der Waals surface area contributed by atoms with E-state index in [2.05, 4.69) is 15.2 Å². The molecule has 30 heavy (non-hydrogen) atoms. The minimum Gasteiger partial charge on any atom is -0.497 e. The van der Waals surface area contributed by atoms with Gasteiger partial charge in [0.1, 0.15) is 11.5 Å². The molecule has 1 amide bonds. The van der Waals surface area contributed by atoms with Crippen molar-refractivity contribution >= 4 is 29.1 Å². The lowest BCUT2D eigenvalue weighted by Gasteiger charge is -2.14. The van der Waals surface area contributed by atoms with Crippen LogP contribution in [0.4, 0.5) is 0 Å². The Hall–Kier alpha value is -3.39. The number of rotatable bonds is 7. The van der Waals surface area contributed by atoms with E-state index in [9.17, 15) is 4.79 Å². The number of hydrogen-bond donors (Lipinski definition) is 0. The minimum atomic E-state index is -0.277. The molecule has 0 radical (unpaired) electrons. The number of nitrogens with zero attached hydrogens (tertiary/aromatic N) is 4. The Morgan fingerprint density at radius 3 is 2.80 bits per heavy atom. The smallest absolute Gasteiger partial charge is 0.242 e. The van der Waals surface area contributed by atoms with Gasteiger partial charge in [-0.15, -0.1) is 5.10 Å². The van der Waals surface area contributed by atoms with Crippen molar-refractivity contribution in [1.29, 1.82) is 0 Å². The van der Waals surface area contributed by atoms with Gasteiger partial charge in [0.2, 0.25) is 5.91 Å². The quantitative estimate of drug-likeness (QED) is 0.429. The molecule has 3 aromatic rings. The Balaban J connectivity index is 1.53. The number of carbonyl (C=O) groups excluding carboxylic acids is 1. The zero-order valence-corrected chi connectivity index (χ0v) is 17.2. The highest BCUT2D eigenvalue weighted by Crippen LogP contribution is 2.31. The molecule has 1 aromatic carbocycles. The van der Waals surface area contributed by atoms with Gasteiger partial charge in [-0.25, -0.2) is 0 Å². The summed E-state index contributed by atoms with van der Waals surface area (Å²) in [5.41, 5.74) is 1.89. The number of pyridine rings is 1. The van der Waals surface area contributed by atoms with E-state index in [1.807, 2.05) is 42.5 Å². The van der Waals surface area contributed by atoms with E-state index in [1.54, 1.807) is 42.9 Å². The molecule has 1 unspecified atom stereocenters. The zero-order valence-electron chi connectivity index (χ0n) is 16.3. The highest BCUT2D eigenvalue weighted by molar-refractivity contribution is 8.15. The number of carbonyl (C=O) groups is 1. The summed E-state index contributed by atoms with van der Waals surface area (Å²) in [7, 11) is 1.63. The molecule has 4 rings (SSSR count). The first kappa shape index (κ1) is 19.9. The number of furan rings is 1. The molecule has 1 aliphatic rings. The molecule has 0 saturated carbocycles. The summed E-state index contributed by atoms with van der Waals surface area (Å²) in [4.78, 5) is 18.8. The third-order valence-corrected chi connectivity index (χ3v) is 5.69. The van der Waals surface area contributed by atoms with E-state index in [4.69, 9.17) is 9.15 Å². The van der Waals surface area contributed by atoms with Gasteiger partial charge in [0, 0.05) is 18.0 Å². The van der Waals surface area contributed by atoms with E-state index in [-0.39, 0.29) is 11.2 Å². The van der Waals surface area contributed by atoms with Crippen LogP contribution in [0, 0.1) is 0 Å². The van der Waals surface area contributed by atoms with E-state index in [0.717, 1.165) is 16.9 Å². The summed E-state index contributed by atoms with van der Waals surface area (Å²) < 4.78 is 10.6. The summed E-state index contributed by atoms with van der Waals surface area (Å²) in [5, 5.41) is 8.75. The topological polar surface area (TPSA) is 80.3 Å². The van der Waals surface area contributed by atoms with Crippen LogP contribution in [0.5, 0.6) is 5.75 Å². The third-order valence-electron chi connectivity index (χ3n) is 4.53. The van der Waals surface area contributed by atoms with Crippen molar-refractivity contribution in [1.82, 2.24) is 9.88 Å². The van der Waals surface area contributed by atoms with Crippen LogP contribution < -0.4 is 4.74 Å².